The summed E-state index contributed by atoms with van der Waals surface area (Å²) in [4.78, 5) is 9.71. The zero-order chi connectivity index (χ0) is 28.5. The number of allylic oxidation sites excluding steroid dienone is 6. The van der Waals surface area contributed by atoms with E-state index >= 15 is 0 Å². The van der Waals surface area contributed by atoms with Crippen molar-refractivity contribution in [2.75, 3.05) is 18.9 Å². The van der Waals surface area contributed by atoms with Gasteiger partial charge in [0.1, 0.15) is 12.4 Å². The minimum Gasteiger partial charge on any atom is -0.491 e. The number of aliphatic imine (C=N–C) groups is 1. The number of thioether (sulfide) groups is 1. The fourth-order valence-corrected chi connectivity index (χ4v) is 6.31. The molecule has 6 nitrogen and oxygen atoms in total. The first-order chi connectivity index (χ1) is 19.0. The average molecular weight is 596 g/mol. The lowest BCUT2D eigenvalue weighted by molar-refractivity contribution is -0.0447. The van der Waals surface area contributed by atoms with Crippen molar-refractivity contribution in [1.29, 1.82) is 0 Å². The molecule has 2 aromatic rings. The lowest BCUT2D eigenvalue weighted by Gasteiger charge is -2.24. The zero-order valence-electron chi connectivity index (χ0n) is 20.7. The Morgan fingerprint density at radius 2 is 1.93 bits per heavy atom. The van der Waals surface area contributed by atoms with E-state index in [1.165, 1.54) is 11.8 Å². The first-order valence-corrected chi connectivity index (χ1v) is 14.6. The van der Waals surface area contributed by atoms with E-state index in [0.717, 1.165) is 28.2 Å². The Labute approximate surface area is 231 Å². The van der Waals surface area contributed by atoms with E-state index in [9.17, 15) is 30.4 Å². The van der Waals surface area contributed by atoms with Gasteiger partial charge in [0, 0.05) is 52.8 Å². The molecular formula is C27H22F5N3O3S2. The van der Waals surface area contributed by atoms with Crippen LogP contribution in [0.2, 0.25) is 0 Å². The third-order valence-electron chi connectivity index (χ3n) is 6.41. The number of alkyl halides is 3. The number of nitrogens with zero attached hydrogens (tertiary/aromatic N) is 2. The number of dihydropyridines is 1. The molecule has 0 saturated carbocycles. The Kier molecular flexibility index (Phi) is 7.98. The minimum absolute atomic E-state index is 0.0647. The number of benzene rings is 1. The van der Waals surface area contributed by atoms with Gasteiger partial charge in [-0.1, -0.05) is 24.3 Å². The molecule has 5 rings (SSSR count). The number of pyridine rings is 1. The highest BCUT2D eigenvalue weighted by Gasteiger charge is 2.45. The van der Waals surface area contributed by atoms with Crippen LogP contribution in [-0.4, -0.2) is 50.1 Å². The number of ether oxygens (including phenoxy) is 1. The standard InChI is InChI=1S/C27H22F5N3O3S2/c28-21-13-17-5-7-18(35-23(17)14-22(21)29)6-3-16-4-8-25-20(12-16)26(19-2-1-9-33-24(19)15-38-25)39-11-10-34-40(36,37)27(30,31)32/h1-9,13-14,19,24,34H,10-12,15H2/b6-3+. The molecule has 0 radical (unpaired) electrons. The van der Waals surface area contributed by atoms with Gasteiger partial charge in [-0.15, -0.1) is 11.8 Å². The van der Waals surface area contributed by atoms with Gasteiger partial charge in [-0.25, -0.2) is 26.9 Å². The summed E-state index contributed by atoms with van der Waals surface area (Å²) in [5.41, 5.74) is -2.80. The molecule has 13 heteroatoms. The fourth-order valence-electron chi connectivity index (χ4n) is 4.45. The summed E-state index contributed by atoms with van der Waals surface area (Å²) in [6.45, 7) is -0.100. The third kappa shape index (κ3) is 6.06. The molecule has 1 aliphatic carbocycles. The van der Waals surface area contributed by atoms with Crippen molar-refractivity contribution in [2.45, 2.75) is 18.0 Å². The van der Waals surface area contributed by atoms with Crippen LogP contribution in [0.15, 0.2) is 81.4 Å². The summed E-state index contributed by atoms with van der Waals surface area (Å²) >= 11 is 1.26. The van der Waals surface area contributed by atoms with Crippen LogP contribution in [0.4, 0.5) is 22.0 Å². The average Bonchev–Trinajstić information content (AvgIpc) is 3.06. The highest BCUT2D eigenvalue weighted by Crippen LogP contribution is 2.42. The van der Waals surface area contributed by atoms with Gasteiger partial charge in [-0.3, -0.25) is 4.99 Å². The van der Waals surface area contributed by atoms with Gasteiger partial charge in [0.15, 0.2) is 11.6 Å². The minimum atomic E-state index is -5.43. The second-order valence-corrected chi connectivity index (χ2v) is 12.0. The van der Waals surface area contributed by atoms with Crippen LogP contribution in [0, 0.1) is 17.6 Å². The summed E-state index contributed by atoms with van der Waals surface area (Å²) < 4.78 is 95.6. The van der Waals surface area contributed by atoms with Crippen LogP contribution >= 0.6 is 11.8 Å². The highest BCUT2D eigenvalue weighted by molar-refractivity contribution is 8.03. The molecular weight excluding hydrogens is 573 g/mol. The predicted octanol–water partition coefficient (Wildman–Crippen LogP) is 5.82. The molecule has 0 fully saturated rings. The fraction of sp³-hybridized carbons (Fsp3) is 0.259. The molecule has 0 bridgehead atoms. The normalized spacial score (nSPS) is 21.1. The van der Waals surface area contributed by atoms with Crippen LogP contribution in [0.5, 0.6) is 0 Å². The molecule has 1 N–H and O–H groups in total. The van der Waals surface area contributed by atoms with Crippen molar-refractivity contribution in [3.8, 4) is 0 Å². The second-order valence-electron chi connectivity index (χ2n) is 9.10. The Balaban J connectivity index is 1.38. The molecule has 2 unspecified atom stereocenters. The van der Waals surface area contributed by atoms with Crippen molar-refractivity contribution in [1.82, 2.24) is 9.71 Å². The summed E-state index contributed by atoms with van der Waals surface area (Å²) in [7, 11) is -5.43. The third-order valence-corrected chi connectivity index (χ3v) is 8.84. The largest absolute Gasteiger partial charge is 0.511 e. The van der Waals surface area contributed by atoms with E-state index in [-0.39, 0.29) is 17.7 Å². The number of fused-ring (bicyclic) bond motifs is 3. The van der Waals surface area contributed by atoms with Crippen LogP contribution in [0.3, 0.4) is 0 Å². The van der Waals surface area contributed by atoms with Crippen LogP contribution in [-0.2, 0) is 14.8 Å². The highest BCUT2D eigenvalue weighted by atomic mass is 32.2. The van der Waals surface area contributed by atoms with E-state index in [0.29, 0.717) is 35.4 Å². The molecule has 3 heterocycles. The van der Waals surface area contributed by atoms with Gasteiger partial charge in [0.2, 0.25) is 0 Å². The molecule has 2 aliphatic heterocycles. The summed E-state index contributed by atoms with van der Waals surface area (Å²) in [6.07, 6.45) is 13.1. The lowest BCUT2D eigenvalue weighted by atomic mass is 9.91. The van der Waals surface area contributed by atoms with Crippen LogP contribution in [0.25, 0.3) is 17.0 Å². The molecule has 1 aromatic heterocycles. The number of rotatable bonds is 7. The number of sulfonamides is 1. The van der Waals surface area contributed by atoms with Gasteiger partial charge in [0.25, 0.3) is 0 Å². The number of nitrogens with one attached hydrogen (secondary N) is 1. The number of aromatic nitrogens is 1. The summed E-state index contributed by atoms with van der Waals surface area (Å²) in [5, 5.41) is 0.471. The molecule has 0 amide bonds. The second kappa shape index (κ2) is 11.3. The van der Waals surface area contributed by atoms with Gasteiger partial charge in [-0.2, -0.15) is 13.2 Å². The van der Waals surface area contributed by atoms with Crippen molar-refractivity contribution in [3.05, 3.63) is 93.8 Å². The Hall–Kier alpha value is -3.29. The molecule has 2 atom stereocenters. The molecule has 40 heavy (non-hydrogen) atoms. The topological polar surface area (TPSA) is 80.7 Å². The molecule has 3 aliphatic rings. The maximum Gasteiger partial charge on any atom is 0.511 e. The smallest absolute Gasteiger partial charge is 0.491 e. The molecule has 0 saturated heterocycles. The first kappa shape index (κ1) is 28.2. The Morgan fingerprint density at radius 1 is 1.12 bits per heavy atom. The quantitative estimate of drug-likeness (QED) is 0.322. The maximum atomic E-state index is 13.7. The van der Waals surface area contributed by atoms with Gasteiger partial charge in [0.05, 0.1) is 17.3 Å². The van der Waals surface area contributed by atoms with Crippen molar-refractivity contribution in [3.63, 3.8) is 0 Å². The summed E-state index contributed by atoms with van der Waals surface area (Å²) in [6, 6.07) is 5.23. The number of halogens is 5. The molecule has 0 spiro atoms. The van der Waals surface area contributed by atoms with E-state index in [1.54, 1.807) is 35.2 Å². The van der Waals surface area contributed by atoms with E-state index in [1.807, 2.05) is 24.3 Å². The Morgan fingerprint density at radius 3 is 2.73 bits per heavy atom. The number of hydrogen-bond donors (Lipinski definition) is 1. The SMILES string of the molecule is O=S(=O)(NCCSC1=C2CC(/C=C/c3ccc4cc(F)c(F)cc4n3)=CC=C2OCC2N=CC=CC12)C(F)(F)F. The van der Waals surface area contributed by atoms with Crippen LogP contribution < -0.4 is 4.72 Å². The van der Waals surface area contributed by atoms with Crippen molar-refractivity contribution >= 4 is 45.0 Å². The summed E-state index contributed by atoms with van der Waals surface area (Å²) in [5.74, 6) is -1.43. The van der Waals surface area contributed by atoms with Gasteiger partial charge in [-0.05, 0) is 35.9 Å². The van der Waals surface area contributed by atoms with Gasteiger partial charge >= 0.3 is 15.5 Å². The maximum absolute atomic E-state index is 13.7. The van der Waals surface area contributed by atoms with E-state index in [2.05, 4.69) is 9.98 Å². The van der Waals surface area contributed by atoms with Crippen molar-refractivity contribution in [2.24, 2.45) is 10.9 Å². The number of hydrogen-bond acceptors (Lipinski definition) is 6. The monoisotopic (exact) mass is 595 g/mol. The molecule has 210 valence electrons. The predicted molar refractivity (Wildman–Crippen MR) is 145 cm³/mol. The van der Waals surface area contributed by atoms with Crippen LogP contribution in [0.1, 0.15) is 12.1 Å². The molecule has 1 aromatic carbocycles. The van der Waals surface area contributed by atoms with Crippen molar-refractivity contribution < 1.29 is 35.1 Å². The first-order valence-electron chi connectivity index (χ1n) is 12.1. The zero-order valence-corrected chi connectivity index (χ0v) is 22.3. The Bertz CT molecular complexity index is 1630. The van der Waals surface area contributed by atoms with E-state index in [4.69, 9.17) is 4.74 Å². The van der Waals surface area contributed by atoms with E-state index < -0.39 is 33.7 Å². The lowest BCUT2D eigenvalue weighted by Crippen LogP contribution is -2.37. The van der Waals surface area contributed by atoms with Gasteiger partial charge < -0.3 is 4.74 Å².